The Hall–Kier alpha value is -11.9. The number of carbonyl (C=O) groups is 8. The average Bonchev–Trinajstić information content (AvgIpc) is 1.39. The molecule has 0 saturated heterocycles. The average molecular weight is 1830 g/mol. The highest BCUT2D eigenvalue weighted by Crippen LogP contribution is 2.36. The van der Waals surface area contributed by atoms with Gasteiger partial charge in [-0.3, -0.25) is 38.4 Å². The lowest BCUT2D eigenvalue weighted by atomic mass is 10.0. The van der Waals surface area contributed by atoms with Gasteiger partial charge in [0.05, 0.1) is 48.3 Å². The van der Waals surface area contributed by atoms with Crippen molar-refractivity contribution in [2.24, 2.45) is 0 Å². The molecule has 632 valence electrons. The minimum atomic E-state index is -5.17. The Balaban J connectivity index is 0.000000236. The molecule has 0 aliphatic heterocycles. The third-order valence-electron chi connectivity index (χ3n) is 15.9. The molecule has 8 aromatic heterocycles. The lowest BCUT2D eigenvalue weighted by molar-refractivity contribution is 0.100. The van der Waals surface area contributed by atoms with Crippen LogP contribution < -0.4 is 40.1 Å². The molecule has 0 radical (unpaired) electrons. The molecule has 8 heterocycles. The van der Waals surface area contributed by atoms with E-state index in [1.165, 1.54) is 85.2 Å². The lowest BCUT2D eigenvalue weighted by Gasteiger charge is -2.14. The van der Waals surface area contributed by atoms with Crippen LogP contribution in [0.25, 0.3) is 0 Å². The van der Waals surface area contributed by atoms with Crippen LogP contribution in [0.5, 0.6) is 0 Å². The normalized spacial score (nSPS) is 17.3. The molecule has 0 aliphatic rings. The number of aromatic nitrogens is 4. The quantitative estimate of drug-likeness (QED) is 0.0260. The van der Waals surface area contributed by atoms with Crippen molar-refractivity contribution in [3.63, 3.8) is 0 Å². The highest BCUT2D eigenvalue weighted by atomic mass is 32.2. The number of hydrogen-bond donors (Lipinski definition) is 8. The molecule has 120 heavy (non-hydrogen) atoms. The number of Topliss-reactive ketones (excluding diaryl/α,β-unsaturated/α-hetero) is 4. The first-order valence-corrected chi connectivity index (χ1v) is 42.1. The van der Waals surface area contributed by atoms with Gasteiger partial charge in [-0.15, -0.1) is 45.3 Å². The second kappa shape index (κ2) is 37.2. The first-order chi connectivity index (χ1) is 72.5. The van der Waals surface area contributed by atoms with E-state index in [-0.39, 0.29) is 90.9 Å². The number of nitrogens with zero attached hydrogens (tertiary/aromatic N) is 4. The van der Waals surface area contributed by atoms with Gasteiger partial charge in [-0.1, -0.05) is 44.9 Å². The zero-order valence-corrected chi connectivity index (χ0v) is 69.4. The Morgan fingerprint density at radius 2 is 0.583 bits per heavy atom. The maximum atomic E-state index is 13.6. The number of benzene rings is 4. The van der Waals surface area contributed by atoms with Gasteiger partial charge in [0.25, 0.3) is 63.7 Å². The number of nitrogens with one attached hydrogen (secondary N) is 8. The monoisotopic (exact) mass is 1830 g/mol. The highest BCUT2D eigenvalue weighted by molar-refractivity contribution is 7.94. The summed E-state index contributed by atoms with van der Waals surface area (Å²) in [6.07, 6.45) is 0. The summed E-state index contributed by atoms with van der Waals surface area (Å²) in [4.78, 5) is 99.3. The van der Waals surface area contributed by atoms with Gasteiger partial charge in [0.1, 0.15) is 39.1 Å². The number of carbonyl (C=O) groups excluding carboxylic acids is 8. The molecule has 0 aliphatic carbocycles. The summed E-state index contributed by atoms with van der Waals surface area (Å²) < 4.78 is 437. The summed E-state index contributed by atoms with van der Waals surface area (Å²) in [5.74, 6) is -14.9. The van der Waals surface area contributed by atoms with Crippen LogP contribution >= 0.6 is 45.3 Å². The van der Waals surface area contributed by atoms with Crippen molar-refractivity contribution in [3.8, 4) is 0 Å². The van der Waals surface area contributed by atoms with Crippen molar-refractivity contribution in [2.75, 3.05) is 40.1 Å². The first-order valence-electron chi connectivity index (χ1n) is 52.4. The van der Waals surface area contributed by atoms with Crippen LogP contribution in [0.15, 0.2) is 132 Å². The van der Waals surface area contributed by atoms with Crippen LogP contribution in [0.1, 0.15) is 241 Å². The van der Waals surface area contributed by atoms with Crippen molar-refractivity contribution >= 4 is 178 Å². The van der Waals surface area contributed by atoms with E-state index >= 15 is 0 Å². The smallest absolute Gasteiger partial charge is 0.267 e. The topological polar surface area (TPSA) is 473 Å². The molecule has 0 spiro atoms. The van der Waals surface area contributed by atoms with Crippen LogP contribution in [0.2, 0.25) is 11.3 Å². The van der Waals surface area contributed by atoms with Gasteiger partial charge in [-0.05, 0) is 252 Å². The molecule has 0 fully saturated rings. The van der Waals surface area contributed by atoms with Crippen molar-refractivity contribution < 1.29 is 145 Å². The van der Waals surface area contributed by atoms with Gasteiger partial charge >= 0.3 is 0 Å². The third kappa shape index (κ3) is 21.0. The van der Waals surface area contributed by atoms with Crippen molar-refractivity contribution in [1.29, 1.82) is 0 Å². The minimum Gasteiger partial charge on any atom is -0.337 e. The fraction of sp³-hybridized carbons (Fsp3) is 0.250. The molecule has 4 amide bonds. The van der Waals surface area contributed by atoms with Crippen LogP contribution in [0.3, 0.4) is 0 Å². The summed E-state index contributed by atoms with van der Waals surface area (Å²) in [6, 6.07) is 7.82. The molecular weight excluding hydrogens is 1710 g/mol. The maximum absolute atomic E-state index is 13.6. The molecular formula is C80H84N12O20S8. The Morgan fingerprint density at radius 1 is 0.333 bits per heavy atom. The fourth-order valence-corrected chi connectivity index (χ4v) is 18.9. The van der Waals surface area contributed by atoms with Gasteiger partial charge < -0.3 is 39.3 Å². The van der Waals surface area contributed by atoms with E-state index in [2.05, 4.69) is 20.6 Å². The number of aryl methyl sites for hydroxylation is 12. The Labute approximate surface area is 764 Å². The zero-order chi connectivity index (χ0) is 123. The molecule has 12 aromatic rings. The molecule has 40 heteroatoms. The molecule has 8 N–H and O–H groups in total. The predicted molar refractivity (Wildman–Crippen MR) is 460 cm³/mol. The molecule has 0 atom stereocenters. The largest absolute Gasteiger partial charge is 0.337 e. The number of ketones is 4. The van der Waals surface area contributed by atoms with E-state index in [9.17, 15) is 72.0 Å². The Morgan fingerprint density at radius 3 is 0.825 bits per heavy atom. The number of hydrogen-bond acceptors (Lipinski definition) is 28. The Bertz CT molecular complexity index is 8290. The second-order valence-corrected chi connectivity index (χ2v) is 34.5. The van der Waals surface area contributed by atoms with Crippen LogP contribution in [-0.4, -0.2) is 101 Å². The van der Waals surface area contributed by atoms with Gasteiger partial charge in [0.2, 0.25) is 23.5 Å². The SMILES string of the molecule is [2H]N(C(=O)c1sccc1S(=O)(=O)N([2H])c1onc(C)c1C([2H])([2H])[2H])c1c(C(=O)C([2H])([2H])[2H])cc(C([2H])([2H])[2H])cc1C([2H])([2H])[2H].[2H]N(C(=O)c1sccc1S(=O)(=O)N([2H])c1onc(C)c1C)c1c(C(=O)C([2H])([2H])[2H])cc(C([2H])([2H])[2H])cc1C([2H])([2H])[2H].[2H]c1c(C)cc(C)c(N([2H])C(=O)c2sccc2S(=O)(=O)N([2H])c2onc(C)c2C([2H])([2H])[2H])c1C(=O)C([2H])([2H])[2H].[2H]c1c(C)cc(C)c(N([2H])C(=O)c2sccc2S(=O)(=O)N([2H])c2onc(C)c2C)c1C(=O)C([2H])([2H])[2H]. The van der Waals surface area contributed by atoms with Crippen molar-refractivity contribution in [2.45, 2.75) is 157 Å². The number of thiophene rings is 4. The number of amides is 4. The summed E-state index contributed by atoms with van der Waals surface area (Å²) in [7, 11) is -19.7. The molecule has 0 unspecified atom stereocenters. The van der Waals surface area contributed by atoms with Crippen LogP contribution in [0.4, 0.5) is 46.3 Å². The van der Waals surface area contributed by atoms with E-state index in [4.69, 9.17) is 73.3 Å². The van der Waals surface area contributed by atoms with Gasteiger partial charge in [0.15, 0.2) is 34.4 Å². The van der Waals surface area contributed by atoms with Crippen molar-refractivity contribution in [1.82, 2.24) is 20.6 Å². The predicted octanol–water partition coefficient (Wildman–Crippen LogP) is 16.9. The minimum absolute atomic E-state index is 0.0297. The number of sulfonamides is 4. The van der Waals surface area contributed by atoms with Crippen molar-refractivity contribution in [3.05, 3.63) is 226 Å². The summed E-state index contributed by atoms with van der Waals surface area (Å²) >= 11 is 2.13. The van der Waals surface area contributed by atoms with E-state index < -0.39 is 303 Å². The van der Waals surface area contributed by atoms with Gasteiger partial charge in [-0.2, -0.15) is 0 Å². The molecule has 0 saturated carbocycles. The summed E-state index contributed by atoms with van der Waals surface area (Å²) in [5, 5.41) is 18.6. The number of rotatable bonds is 24. The Kier molecular flexibility index (Phi) is 15.8. The molecule has 4 aromatic carbocycles. The zero-order valence-electron chi connectivity index (χ0n) is 103. The molecule has 12 rings (SSSR count). The summed E-state index contributed by atoms with van der Waals surface area (Å²) in [6.45, 7) is -17.6. The van der Waals surface area contributed by atoms with E-state index in [1.54, 1.807) is 6.92 Å². The van der Waals surface area contributed by atoms with E-state index in [0.717, 1.165) is 35.0 Å². The standard InChI is InChI=1S/4C20H21N3O5S2/c4*1-10-8-11(2)17(15(9-10)14(5)24)21-19(25)18-16(6-7-29-18)30(26,27)23-20-12(3)13(4)22-28-20/h4*6-9,23H,1-5H3,(H,21,25)/i1D3,2D3,3D3,5D3;3D3,5D3,9D;1D3,2D3,5D3;5D3,9D/hD8. The molecule has 32 nitrogen and oxygen atoms in total. The number of anilines is 8. The maximum Gasteiger partial charge on any atom is 0.267 e. The van der Waals surface area contributed by atoms with E-state index in [1.807, 2.05) is 0 Å². The summed E-state index contributed by atoms with van der Waals surface area (Å²) in [5.41, 5.74) is -10.2. The van der Waals surface area contributed by atoms with Crippen LogP contribution in [-0.2, 0) is 40.1 Å². The third-order valence-corrected chi connectivity index (χ3v) is 25.3. The first kappa shape index (κ1) is 50.9. The highest BCUT2D eigenvalue weighted by Gasteiger charge is 2.33. The van der Waals surface area contributed by atoms with Gasteiger partial charge in [-0.25, -0.2) is 52.5 Å². The fourth-order valence-electron chi connectivity index (χ4n) is 9.92. The van der Waals surface area contributed by atoms with Gasteiger partial charge in [0, 0.05) is 85.6 Å². The second-order valence-electron chi connectivity index (χ2n) is 24.6. The lowest BCUT2D eigenvalue weighted by Crippen LogP contribution is -2.20. The van der Waals surface area contributed by atoms with E-state index in [0.29, 0.717) is 80.9 Å². The van der Waals surface area contributed by atoms with Crippen LogP contribution in [0, 0.1) is 110 Å². The molecule has 0 bridgehead atoms.